The Balaban J connectivity index is 1.49. The average Bonchev–Trinajstić information content (AvgIpc) is 3.30. The highest BCUT2D eigenvalue weighted by Gasteiger charge is 2.22. The smallest absolute Gasteiger partial charge is 0.247 e. The number of hydrogen-bond donors (Lipinski definition) is 2. The molecule has 0 unspecified atom stereocenters. The minimum atomic E-state index is -0.544. The molecule has 7 heteroatoms. The van der Waals surface area contributed by atoms with Crippen molar-refractivity contribution in [2.75, 3.05) is 11.9 Å². The molecule has 0 saturated heterocycles. The molecule has 0 radical (unpaired) electrons. The van der Waals surface area contributed by atoms with Gasteiger partial charge in [-0.25, -0.2) is 4.98 Å². The van der Waals surface area contributed by atoms with Gasteiger partial charge in [0, 0.05) is 37.1 Å². The number of aromatic nitrogens is 3. The molecule has 176 valence electrons. The van der Waals surface area contributed by atoms with Gasteiger partial charge >= 0.3 is 0 Å². The monoisotopic (exact) mass is 464 g/mol. The van der Waals surface area contributed by atoms with Crippen molar-refractivity contribution in [3.8, 4) is 17.2 Å². The molecular formula is C28H28N6O. The van der Waals surface area contributed by atoms with Crippen molar-refractivity contribution < 1.29 is 4.79 Å². The number of hydrogen-bond acceptors (Lipinski definition) is 5. The summed E-state index contributed by atoms with van der Waals surface area (Å²) in [6.45, 7) is 4.67. The summed E-state index contributed by atoms with van der Waals surface area (Å²) < 4.78 is 1.75. The van der Waals surface area contributed by atoms with Crippen molar-refractivity contribution in [3.63, 3.8) is 0 Å². The number of anilines is 1. The van der Waals surface area contributed by atoms with E-state index in [1.54, 1.807) is 17.1 Å². The number of rotatable bonds is 8. The molecule has 1 amide bonds. The van der Waals surface area contributed by atoms with Crippen LogP contribution in [0.1, 0.15) is 41.1 Å². The maximum Gasteiger partial charge on any atom is 0.247 e. The number of pyridine rings is 1. The van der Waals surface area contributed by atoms with Crippen molar-refractivity contribution >= 4 is 11.7 Å². The largest absolute Gasteiger partial charge is 0.309 e. The highest BCUT2D eigenvalue weighted by atomic mass is 16.2. The number of nitriles is 1. The molecule has 0 bridgehead atoms. The number of amides is 1. The van der Waals surface area contributed by atoms with Crippen LogP contribution in [0.4, 0.5) is 5.82 Å². The third kappa shape index (κ3) is 5.81. The zero-order valence-electron chi connectivity index (χ0n) is 20.1. The first-order chi connectivity index (χ1) is 16.9. The van der Waals surface area contributed by atoms with Gasteiger partial charge in [-0.2, -0.15) is 10.4 Å². The van der Waals surface area contributed by atoms with E-state index in [0.717, 1.165) is 27.8 Å². The van der Waals surface area contributed by atoms with Gasteiger partial charge in [0.1, 0.15) is 11.9 Å². The summed E-state index contributed by atoms with van der Waals surface area (Å²) in [4.78, 5) is 17.8. The molecule has 0 spiro atoms. The van der Waals surface area contributed by atoms with E-state index in [2.05, 4.69) is 33.7 Å². The molecule has 0 aliphatic heterocycles. The van der Waals surface area contributed by atoms with Crippen molar-refractivity contribution in [3.05, 3.63) is 102 Å². The number of nitrogens with one attached hydrogen (secondary N) is 2. The molecule has 4 aromatic rings. The summed E-state index contributed by atoms with van der Waals surface area (Å²) in [7, 11) is 1.87. The Morgan fingerprint density at radius 2 is 1.83 bits per heavy atom. The SMILES string of the molecule is Cc1cc(NC(=O)[C@@H](NC[C@@H](C)c2ccc(C#N)cc2)c2ccccc2)ncc1-c1cnn(C)c1. The van der Waals surface area contributed by atoms with Crippen molar-refractivity contribution in [2.45, 2.75) is 25.8 Å². The predicted molar refractivity (Wildman–Crippen MR) is 137 cm³/mol. The van der Waals surface area contributed by atoms with E-state index in [9.17, 15) is 4.79 Å². The van der Waals surface area contributed by atoms with Gasteiger partial charge in [0.2, 0.25) is 5.91 Å². The lowest BCUT2D eigenvalue weighted by Gasteiger charge is -2.21. The molecule has 0 aliphatic rings. The van der Waals surface area contributed by atoms with Crippen molar-refractivity contribution in [2.24, 2.45) is 7.05 Å². The molecule has 2 heterocycles. The Morgan fingerprint density at radius 3 is 2.46 bits per heavy atom. The second kappa shape index (κ2) is 10.8. The van der Waals surface area contributed by atoms with Crippen LogP contribution >= 0.6 is 0 Å². The quantitative estimate of drug-likeness (QED) is 0.393. The highest BCUT2D eigenvalue weighted by molar-refractivity contribution is 5.95. The van der Waals surface area contributed by atoms with Crippen molar-refractivity contribution in [1.29, 1.82) is 5.26 Å². The lowest BCUT2D eigenvalue weighted by atomic mass is 9.98. The summed E-state index contributed by atoms with van der Waals surface area (Å²) in [6, 6.07) is 20.7. The third-order valence-corrected chi connectivity index (χ3v) is 6.01. The van der Waals surface area contributed by atoms with Crippen LogP contribution in [0.15, 0.2) is 79.3 Å². The molecule has 0 saturated carbocycles. The molecule has 7 nitrogen and oxygen atoms in total. The third-order valence-electron chi connectivity index (χ3n) is 6.01. The summed E-state index contributed by atoms with van der Waals surface area (Å²) in [5, 5.41) is 19.6. The molecule has 2 N–H and O–H groups in total. The van der Waals surface area contributed by atoms with Gasteiger partial charge in [0.25, 0.3) is 0 Å². The molecule has 0 fully saturated rings. The minimum absolute atomic E-state index is 0.154. The number of benzene rings is 2. The summed E-state index contributed by atoms with van der Waals surface area (Å²) >= 11 is 0. The van der Waals surface area contributed by atoms with Gasteiger partial charge < -0.3 is 10.6 Å². The molecule has 2 atom stereocenters. The van der Waals surface area contributed by atoms with Gasteiger partial charge in [-0.3, -0.25) is 9.48 Å². The number of nitrogens with zero attached hydrogens (tertiary/aromatic N) is 4. The average molecular weight is 465 g/mol. The summed E-state index contributed by atoms with van der Waals surface area (Å²) in [6.07, 6.45) is 5.50. The Hall–Kier alpha value is -4.28. The maximum atomic E-state index is 13.4. The van der Waals surface area contributed by atoms with Gasteiger partial charge in [-0.15, -0.1) is 0 Å². The fraction of sp³-hybridized carbons (Fsp3) is 0.214. The topological polar surface area (TPSA) is 95.6 Å². The van der Waals surface area contributed by atoms with Crippen LogP contribution < -0.4 is 10.6 Å². The first-order valence-corrected chi connectivity index (χ1v) is 11.5. The second-order valence-corrected chi connectivity index (χ2v) is 8.66. The van der Waals surface area contributed by atoms with Gasteiger partial charge in [0.15, 0.2) is 0 Å². The van der Waals surface area contributed by atoms with E-state index in [4.69, 9.17) is 5.26 Å². The van der Waals surface area contributed by atoms with Crippen molar-refractivity contribution in [1.82, 2.24) is 20.1 Å². The fourth-order valence-electron chi connectivity index (χ4n) is 3.99. The normalized spacial score (nSPS) is 12.5. The zero-order valence-corrected chi connectivity index (χ0v) is 20.1. The number of carbonyl (C=O) groups is 1. The first-order valence-electron chi connectivity index (χ1n) is 11.5. The van der Waals surface area contributed by atoms with Gasteiger partial charge in [-0.05, 0) is 47.7 Å². The molecule has 2 aromatic heterocycles. The zero-order chi connectivity index (χ0) is 24.8. The summed E-state index contributed by atoms with van der Waals surface area (Å²) in [5.74, 6) is 0.480. The van der Waals surface area contributed by atoms with Crippen LogP contribution in [-0.2, 0) is 11.8 Å². The fourth-order valence-corrected chi connectivity index (χ4v) is 3.99. The molecule has 0 aliphatic carbocycles. The van der Waals surface area contributed by atoms with Gasteiger partial charge in [0.05, 0.1) is 17.8 Å². The lowest BCUT2D eigenvalue weighted by Crippen LogP contribution is -2.35. The Bertz CT molecular complexity index is 1340. The highest BCUT2D eigenvalue weighted by Crippen LogP contribution is 2.25. The van der Waals surface area contributed by atoms with Crippen LogP contribution in [0.25, 0.3) is 11.1 Å². The van der Waals surface area contributed by atoms with E-state index in [1.807, 2.05) is 80.8 Å². The van der Waals surface area contributed by atoms with Crippen LogP contribution in [-0.4, -0.2) is 27.2 Å². The molecule has 4 rings (SSSR count). The predicted octanol–water partition coefficient (Wildman–Crippen LogP) is 4.74. The van der Waals surface area contributed by atoms with Crippen LogP contribution in [0, 0.1) is 18.3 Å². The molecular weight excluding hydrogens is 436 g/mol. The number of aryl methyl sites for hydroxylation is 2. The standard InChI is InChI=1S/C28H28N6O/c1-19-13-26(30-17-25(19)24-16-32-34(3)18-24)33-28(35)27(23-7-5-4-6-8-23)31-15-20(2)22-11-9-21(14-29)10-12-22/h4-13,16-18,20,27,31H,15H2,1-3H3,(H,30,33,35)/t20-,27+/m1/s1. The van der Waals surface area contributed by atoms with E-state index in [1.165, 1.54) is 0 Å². The Kier molecular flexibility index (Phi) is 7.34. The maximum absolute atomic E-state index is 13.4. The first kappa shape index (κ1) is 23.9. The van der Waals surface area contributed by atoms with E-state index >= 15 is 0 Å². The minimum Gasteiger partial charge on any atom is -0.309 e. The number of carbonyl (C=O) groups excluding carboxylic acids is 1. The molecule has 2 aromatic carbocycles. The van der Waals surface area contributed by atoms with E-state index in [0.29, 0.717) is 17.9 Å². The van der Waals surface area contributed by atoms with Crippen LogP contribution in [0.2, 0.25) is 0 Å². The van der Waals surface area contributed by atoms with Crippen LogP contribution in [0.5, 0.6) is 0 Å². The van der Waals surface area contributed by atoms with E-state index < -0.39 is 6.04 Å². The van der Waals surface area contributed by atoms with Gasteiger partial charge in [-0.1, -0.05) is 49.4 Å². The van der Waals surface area contributed by atoms with E-state index in [-0.39, 0.29) is 11.8 Å². The Labute approximate surface area is 205 Å². The summed E-state index contributed by atoms with van der Waals surface area (Å²) in [5.41, 5.74) is 5.57. The lowest BCUT2D eigenvalue weighted by molar-refractivity contribution is -0.118. The second-order valence-electron chi connectivity index (χ2n) is 8.66. The Morgan fingerprint density at radius 1 is 1.09 bits per heavy atom. The molecule has 35 heavy (non-hydrogen) atoms. The van der Waals surface area contributed by atoms with Crippen LogP contribution in [0.3, 0.4) is 0 Å².